The van der Waals surface area contributed by atoms with Crippen LogP contribution in [0.3, 0.4) is 0 Å². The van der Waals surface area contributed by atoms with Gasteiger partial charge in [0.25, 0.3) is 5.69 Å². The molecule has 0 amide bonds. The van der Waals surface area contributed by atoms with Crippen LogP contribution in [-0.4, -0.2) is 25.9 Å². The fourth-order valence-electron chi connectivity index (χ4n) is 2.64. The van der Waals surface area contributed by atoms with Gasteiger partial charge in [0.05, 0.1) is 4.92 Å². The van der Waals surface area contributed by atoms with Crippen molar-refractivity contribution in [2.75, 3.05) is 11.9 Å². The first-order chi connectivity index (χ1) is 11.0. The van der Waals surface area contributed by atoms with Crippen molar-refractivity contribution in [3.8, 4) is 0 Å². The molecule has 2 aromatic rings. The average Bonchev–Trinajstić information content (AvgIpc) is 2.54. The Kier molecular flexibility index (Phi) is 4.01. The molecule has 0 aromatic heterocycles. The van der Waals surface area contributed by atoms with E-state index >= 15 is 0 Å². The van der Waals surface area contributed by atoms with Gasteiger partial charge in [-0.3, -0.25) is 10.1 Å². The van der Waals surface area contributed by atoms with Gasteiger partial charge in [0.1, 0.15) is 0 Å². The number of sulfonamides is 1. The molecule has 0 saturated heterocycles. The van der Waals surface area contributed by atoms with E-state index in [0.29, 0.717) is 13.0 Å². The van der Waals surface area contributed by atoms with Gasteiger partial charge in [0, 0.05) is 24.3 Å². The Bertz CT molecular complexity index is 851. The van der Waals surface area contributed by atoms with Crippen LogP contribution >= 0.6 is 0 Å². The Morgan fingerprint density at radius 2 is 1.83 bits per heavy atom. The summed E-state index contributed by atoms with van der Waals surface area (Å²) in [6.07, 6.45) is 0.531. The molecule has 0 spiro atoms. The summed E-state index contributed by atoms with van der Waals surface area (Å²) in [4.78, 5) is 10.0. The first-order valence-corrected chi connectivity index (χ1v) is 8.53. The molecule has 2 aromatic carbocycles. The Hall–Kier alpha value is -2.45. The lowest BCUT2D eigenvalue weighted by molar-refractivity contribution is -0.387. The SMILES string of the molecule is O=[N+]([O-])c1ccccc1S(=O)(=O)NC1CNc2ccccc2C1. The summed E-state index contributed by atoms with van der Waals surface area (Å²) < 4.78 is 27.5. The number of para-hydroxylation sites is 2. The van der Waals surface area contributed by atoms with E-state index in [2.05, 4.69) is 10.0 Å². The maximum atomic E-state index is 12.5. The third-order valence-corrected chi connectivity index (χ3v) is 5.26. The van der Waals surface area contributed by atoms with Gasteiger partial charge in [-0.05, 0) is 24.1 Å². The van der Waals surface area contributed by atoms with Crippen molar-refractivity contribution in [1.82, 2.24) is 4.72 Å². The fraction of sp³-hybridized carbons (Fsp3) is 0.200. The second-order valence-electron chi connectivity index (χ2n) is 5.29. The van der Waals surface area contributed by atoms with Crippen LogP contribution in [-0.2, 0) is 16.4 Å². The van der Waals surface area contributed by atoms with E-state index in [-0.39, 0.29) is 10.9 Å². The van der Waals surface area contributed by atoms with Gasteiger partial charge < -0.3 is 5.32 Å². The minimum absolute atomic E-state index is 0.316. The molecule has 120 valence electrons. The molecule has 1 aliphatic rings. The van der Waals surface area contributed by atoms with E-state index in [1.54, 1.807) is 0 Å². The maximum absolute atomic E-state index is 12.5. The highest BCUT2D eigenvalue weighted by Gasteiger charge is 2.29. The largest absolute Gasteiger partial charge is 0.383 e. The quantitative estimate of drug-likeness (QED) is 0.657. The summed E-state index contributed by atoms with van der Waals surface area (Å²) in [5.74, 6) is 0. The number of benzene rings is 2. The van der Waals surface area contributed by atoms with Gasteiger partial charge in [-0.1, -0.05) is 30.3 Å². The molecule has 7 nitrogen and oxygen atoms in total. The zero-order valence-corrected chi connectivity index (χ0v) is 12.9. The van der Waals surface area contributed by atoms with Crippen molar-refractivity contribution in [2.24, 2.45) is 0 Å². The third kappa shape index (κ3) is 3.17. The molecule has 0 radical (unpaired) electrons. The predicted octanol–water partition coefficient (Wildman–Crippen LogP) is 1.91. The molecule has 8 heteroatoms. The molecular weight excluding hydrogens is 318 g/mol. The summed E-state index contributed by atoms with van der Waals surface area (Å²) in [6.45, 7) is 0.427. The van der Waals surface area contributed by atoms with Gasteiger partial charge in [0.15, 0.2) is 4.90 Å². The van der Waals surface area contributed by atoms with Crippen LogP contribution in [0.5, 0.6) is 0 Å². The van der Waals surface area contributed by atoms with E-state index in [9.17, 15) is 18.5 Å². The molecule has 0 aliphatic carbocycles. The van der Waals surface area contributed by atoms with Gasteiger partial charge >= 0.3 is 0 Å². The summed E-state index contributed by atoms with van der Waals surface area (Å²) in [5.41, 5.74) is 1.56. The zero-order valence-electron chi connectivity index (χ0n) is 12.1. The van der Waals surface area contributed by atoms with Crippen LogP contribution in [0.1, 0.15) is 5.56 Å². The molecule has 1 heterocycles. The second-order valence-corrected chi connectivity index (χ2v) is 6.97. The maximum Gasteiger partial charge on any atom is 0.289 e. The number of hydrogen-bond acceptors (Lipinski definition) is 5. The first kappa shape index (κ1) is 15.4. The number of hydrogen-bond donors (Lipinski definition) is 2. The molecule has 1 aliphatic heterocycles. The Balaban J connectivity index is 1.85. The number of nitrogens with zero attached hydrogens (tertiary/aromatic N) is 1. The fourth-order valence-corrected chi connectivity index (χ4v) is 4.05. The molecule has 0 saturated carbocycles. The van der Waals surface area contributed by atoms with Crippen molar-refractivity contribution in [3.05, 3.63) is 64.2 Å². The van der Waals surface area contributed by atoms with E-state index in [1.165, 1.54) is 24.3 Å². The normalized spacial score (nSPS) is 17.1. The lowest BCUT2D eigenvalue weighted by Crippen LogP contribution is -2.43. The summed E-state index contributed by atoms with van der Waals surface area (Å²) in [5, 5.41) is 14.2. The average molecular weight is 333 g/mol. The van der Waals surface area contributed by atoms with Crippen molar-refractivity contribution >= 4 is 21.4 Å². The van der Waals surface area contributed by atoms with Gasteiger partial charge in [-0.15, -0.1) is 0 Å². The number of nitro benzene ring substituents is 1. The molecule has 1 unspecified atom stereocenters. The van der Waals surface area contributed by atoms with Gasteiger partial charge in [-0.2, -0.15) is 0 Å². The molecule has 1 atom stereocenters. The lowest BCUT2D eigenvalue weighted by atomic mass is 10.0. The van der Waals surface area contributed by atoms with Crippen LogP contribution in [0, 0.1) is 10.1 Å². The predicted molar refractivity (Wildman–Crippen MR) is 85.8 cm³/mol. The topological polar surface area (TPSA) is 101 Å². The highest BCUT2D eigenvalue weighted by molar-refractivity contribution is 7.89. The van der Waals surface area contributed by atoms with Crippen LogP contribution in [0.15, 0.2) is 53.4 Å². The van der Waals surface area contributed by atoms with Crippen molar-refractivity contribution in [3.63, 3.8) is 0 Å². The van der Waals surface area contributed by atoms with Gasteiger partial charge in [0.2, 0.25) is 10.0 Å². The van der Waals surface area contributed by atoms with E-state index in [4.69, 9.17) is 0 Å². The number of anilines is 1. The van der Waals surface area contributed by atoms with E-state index < -0.39 is 20.6 Å². The smallest absolute Gasteiger partial charge is 0.289 e. The molecular formula is C15H15N3O4S. The lowest BCUT2D eigenvalue weighted by Gasteiger charge is -2.26. The van der Waals surface area contributed by atoms with Crippen LogP contribution < -0.4 is 10.0 Å². The van der Waals surface area contributed by atoms with Crippen molar-refractivity contribution in [2.45, 2.75) is 17.4 Å². The molecule has 2 N–H and O–H groups in total. The van der Waals surface area contributed by atoms with E-state index in [1.807, 2.05) is 24.3 Å². The number of rotatable bonds is 4. The number of nitro groups is 1. The monoisotopic (exact) mass is 333 g/mol. The third-order valence-electron chi connectivity index (χ3n) is 3.70. The standard InChI is InChI=1S/C15H15N3O4S/c19-18(20)14-7-3-4-8-15(14)23(21,22)17-12-9-11-5-1-2-6-13(11)16-10-12/h1-8,12,16-17H,9-10H2. The highest BCUT2D eigenvalue weighted by atomic mass is 32.2. The minimum Gasteiger partial charge on any atom is -0.383 e. The number of nitrogens with one attached hydrogen (secondary N) is 2. The van der Waals surface area contributed by atoms with Gasteiger partial charge in [-0.25, -0.2) is 13.1 Å². The summed E-state index contributed by atoms with van der Waals surface area (Å²) in [6, 6.07) is 12.6. The molecule has 0 bridgehead atoms. The number of fused-ring (bicyclic) bond motifs is 1. The molecule has 3 rings (SSSR count). The van der Waals surface area contributed by atoms with Crippen molar-refractivity contribution in [1.29, 1.82) is 0 Å². The minimum atomic E-state index is -3.97. The van der Waals surface area contributed by atoms with Crippen LogP contribution in [0.2, 0.25) is 0 Å². The highest BCUT2D eigenvalue weighted by Crippen LogP contribution is 2.25. The first-order valence-electron chi connectivity index (χ1n) is 7.05. The summed E-state index contributed by atoms with van der Waals surface area (Å²) >= 11 is 0. The molecule has 23 heavy (non-hydrogen) atoms. The second kappa shape index (κ2) is 5.98. The Morgan fingerprint density at radius 3 is 2.61 bits per heavy atom. The molecule has 0 fully saturated rings. The van der Waals surface area contributed by atoms with Crippen LogP contribution in [0.4, 0.5) is 11.4 Å². The van der Waals surface area contributed by atoms with Crippen LogP contribution in [0.25, 0.3) is 0 Å². The zero-order chi connectivity index (χ0) is 16.4. The Labute approximate surface area is 133 Å². The summed E-state index contributed by atoms with van der Waals surface area (Å²) in [7, 11) is -3.97. The Morgan fingerprint density at radius 1 is 1.13 bits per heavy atom. The van der Waals surface area contributed by atoms with Crippen molar-refractivity contribution < 1.29 is 13.3 Å². The van der Waals surface area contributed by atoms with E-state index in [0.717, 1.165) is 11.3 Å².